The average molecular weight is 554 g/mol. The topological polar surface area (TPSA) is 4.36 Å². The number of benzene rings is 8. The van der Waals surface area contributed by atoms with Gasteiger partial charge in [-0.2, -0.15) is 0 Å². The lowest BCUT2D eigenvalue weighted by Crippen LogP contribution is -1.91. The van der Waals surface area contributed by atoms with Crippen LogP contribution in [0.15, 0.2) is 140 Å². The second-order valence-electron chi connectivity index (χ2n) is 11.8. The fraction of sp³-hybridized carbons (Fsp3) is 0. The third-order valence-corrected chi connectivity index (χ3v) is 9.74. The zero-order chi connectivity index (χ0) is 28.9. The first kappa shape index (κ1) is 23.6. The molecule has 0 bridgehead atoms. The number of rotatable bonds is 2. The summed E-state index contributed by atoms with van der Waals surface area (Å²) >= 11 is 0. The van der Waals surface area contributed by atoms with Crippen molar-refractivity contribution in [2.24, 2.45) is 0 Å². The number of fused-ring (bicyclic) bond motifs is 8. The molecule has 0 amide bonds. The van der Waals surface area contributed by atoms with Crippen LogP contribution in [0.25, 0.3) is 103 Å². The highest BCUT2D eigenvalue weighted by Gasteiger charge is 2.26. The fourth-order valence-corrected chi connectivity index (χ4v) is 8.09. The molecular weight excluding hydrogens is 530 g/mol. The van der Waals surface area contributed by atoms with E-state index in [-0.39, 0.29) is 0 Å². The average Bonchev–Trinajstić information content (AvgIpc) is 3.59. The Morgan fingerprint density at radius 1 is 0.318 bits per heavy atom. The summed E-state index contributed by atoms with van der Waals surface area (Å²) in [5, 5.41) is 17.5. The summed E-state index contributed by atoms with van der Waals surface area (Å²) in [6.45, 7) is 7.94. The van der Waals surface area contributed by atoms with Crippen LogP contribution in [-0.4, -0.2) is 0 Å². The molecule has 0 saturated heterocycles. The van der Waals surface area contributed by atoms with Gasteiger partial charge in [-0.05, 0) is 104 Å². The van der Waals surface area contributed by atoms with Crippen molar-refractivity contribution in [1.82, 2.24) is 0 Å². The highest BCUT2D eigenvalue weighted by Crippen LogP contribution is 2.55. The van der Waals surface area contributed by atoms with E-state index < -0.39 is 0 Å². The molecule has 0 aliphatic heterocycles. The monoisotopic (exact) mass is 553 g/mol. The van der Waals surface area contributed by atoms with Crippen LogP contribution in [0, 0.1) is 6.57 Å². The van der Waals surface area contributed by atoms with Crippen LogP contribution in [0.2, 0.25) is 0 Å². The van der Waals surface area contributed by atoms with Gasteiger partial charge in [-0.25, -0.2) is 4.85 Å². The Morgan fingerprint density at radius 3 is 1.52 bits per heavy atom. The summed E-state index contributed by atoms with van der Waals surface area (Å²) in [6, 6.07) is 50.6. The van der Waals surface area contributed by atoms with E-state index in [0.29, 0.717) is 5.69 Å². The van der Waals surface area contributed by atoms with E-state index >= 15 is 0 Å². The summed E-state index contributed by atoms with van der Waals surface area (Å²) in [7, 11) is 0. The molecule has 0 atom stereocenters. The molecule has 10 aromatic carbocycles. The van der Waals surface area contributed by atoms with Crippen LogP contribution in [0.1, 0.15) is 0 Å². The Hall–Kier alpha value is -5.97. The molecule has 0 fully saturated rings. The highest BCUT2D eigenvalue weighted by atomic mass is 14.6. The van der Waals surface area contributed by atoms with Gasteiger partial charge in [-0.15, -0.1) is 0 Å². The van der Waals surface area contributed by atoms with Crippen molar-refractivity contribution in [2.45, 2.75) is 0 Å². The first-order valence-corrected chi connectivity index (χ1v) is 15.1. The number of nitrogens with zero attached hydrogens (tertiary/aromatic N) is 1. The SMILES string of the molecule is [C-]#[N+]c1ccc2c3c(-c4ccccc4)c4c(cc5c6ccccc6c6cccc4c65)c(-c4ccccc4)c3c3cccc1c32. The number of hydrogen-bond donors (Lipinski definition) is 0. The summed E-state index contributed by atoms with van der Waals surface area (Å²) in [4.78, 5) is 3.93. The van der Waals surface area contributed by atoms with E-state index in [9.17, 15) is 0 Å². The summed E-state index contributed by atoms with van der Waals surface area (Å²) < 4.78 is 0. The van der Waals surface area contributed by atoms with Crippen LogP contribution < -0.4 is 0 Å². The van der Waals surface area contributed by atoms with Crippen LogP contribution in [0.5, 0.6) is 0 Å². The van der Waals surface area contributed by atoms with Crippen molar-refractivity contribution in [2.75, 3.05) is 0 Å². The number of hydrogen-bond acceptors (Lipinski definition) is 0. The molecule has 0 aromatic heterocycles. The minimum Gasteiger partial charge on any atom is -0.238 e. The first-order valence-electron chi connectivity index (χ1n) is 15.1. The molecule has 1 nitrogen and oxygen atoms in total. The fourth-order valence-electron chi connectivity index (χ4n) is 8.09. The minimum atomic E-state index is 0.703. The smallest absolute Gasteiger partial charge is 0.194 e. The predicted molar refractivity (Wildman–Crippen MR) is 188 cm³/mol. The van der Waals surface area contributed by atoms with Gasteiger partial charge in [0, 0.05) is 0 Å². The third kappa shape index (κ3) is 2.87. The lowest BCUT2D eigenvalue weighted by atomic mass is 9.84. The van der Waals surface area contributed by atoms with E-state index in [0.717, 1.165) is 5.39 Å². The van der Waals surface area contributed by atoms with Gasteiger partial charge in [-0.3, -0.25) is 0 Å². The van der Waals surface area contributed by atoms with Gasteiger partial charge in [0.1, 0.15) is 0 Å². The Kier molecular flexibility index (Phi) is 4.58. The molecule has 0 saturated carbocycles. The van der Waals surface area contributed by atoms with Crippen molar-refractivity contribution >= 4 is 81.1 Å². The van der Waals surface area contributed by atoms with Crippen molar-refractivity contribution < 1.29 is 0 Å². The Balaban J connectivity index is 1.61. The molecule has 0 aliphatic rings. The van der Waals surface area contributed by atoms with Crippen LogP contribution >= 0.6 is 0 Å². The lowest BCUT2D eigenvalue weighted by molar-refractivity contribution is 1.68. The Bertz CT molecular complexity index is 2800. The zero-order valence-corrected chi connectivity index (χ0v) is 23.7. The predicted octanol–water partition coefficient (Wildman–Crippen LogP) is 12.5. The van der Waals surface area contributed by atoms with Gasteiger partial charge in [0.05, 0.1) is 6.57 Å². The van der Waals surface area contributed by atoms with Crippen LogP contribution in [0.3, 0.4) is 0 Å². The molecular formula is C43H23N. The summed E-state index contributed by atoms with van der Waals surface area (Å²) in [5.74, 6) is 0. The second kappa shape index (κ2) is 8.54. The second-order valence-corrected chi connectivity index (χ2v) is 11.8. The largest absolute Gasteiger partial charge is 0.238 e. The van der Waals surface area contributed by atoms with Gasteiger partial charge < -0.3 is 0 Å². The standard InChI is InChI=1S/C43H23N/c1-44-36-23-22-33-40-30(36)19-11-21-32(40)42-37(25-12-4-2-5-13-25)35-24-34-28-17-9-8-16-27(28)29-18-10-20-31(39(29)34)41(35)38(43(33)42)26-14-6-3-7-15-26/h2-24H. The normalized spacial score (nSPS) is 12.1. The quantitative estimate of drug-likeness (QED) is 0.148. The molecule has 44 heavy (non-hydrogen) atoms. The molecule has 10 aromatic rings. The molecule has 0 spiro atoms. The summed E-state index contributed by atoms with van der Waals surface area (Å²) in [6.07, 6.45) is 0. The maximum absolute atomic E-state index is 7.94. The maximum atomic E-state index is 7.94. The van der Waals surface area contributed by atoms with E-state index in [1.807, 2.05) is 6.07 Å². The van der Waals surface area contributed by atoms with Crippen molar-refractivity contribution in [3.05, 3.63) is 151 Å². The van der Waals surface area contributed by atoms with Gasteiger partial charge in [0.15, 0.2) is 5.69 Å². The van der Waals surface area contributed by atoms with Crippen LogP contribution in [-0.2, 0) is 0 Å². The van der Waals surface area contributed by atoms with Gasteiger partial charge in [0.25, 0.3) is 0 Å². The van der Waals surface area contributed by atoms with Gasteiger partial charge in [0.2, 0.25) is 0 Å². The van der Waals surface area contributed by atoms with Gasteiger partial charge in [-0.1, -0.05) is 133 Å². The molecule has 0 aliphatic carbocycles. The van der Waals surface area contributed by atoms with E-state index in [1.54, 1.807) is 0 Å². The van der Waals surface area contributed by atoms with E-state index in [4.69, 9.17) is 6.57 Å². The molecule has 200 valence electrons. The summed E-state index contributed by atoms with van der Waals surface area (Å²) in [5.41, 5.74) is 5.64. The van der Waals surface area contributed by atoms with Crippen molar-refractivity contribution in [1.29, 1.82) is 0 Å². The molecule has 0 N–H and O–H groups in total. The van der Waals surface area contributed by atoms with Gasteiger partial charge >= 0.3 is 0 Å². The lowest BCUT2D eigenvalue weighted by Gasteiger charge is -2.19. The molecule has 10 rings (SSSR count). The van der Waals surface area contributed by atoms with E-state index in [2.05, 4.69) is 138 Å². The molecule has 0 radical (unpaired) electrons. The highest BCUT2D eigenvalue weighted by molar-refractivity contribution is 6.45. The zero-order valence-electron chi connectivity index (χ0n) is 23.7. The van der Waals surface area contributed by atoms with E-state index in [1.165, 1.54) is 92.3 Å². The molecule has 1 heteroatoms. The third-order valence-electron chi connectivity index (χ3n) is 9.74. The molecule has 0 unspecified atom stereocenters. The maximum Gasteiger partial charge on any atom is 0.194 e. The Morgan fingerprint density at radius 2 is 0.818 bits per heavy atom. The van der Waals surface area contributed by atoms with Crippen molar-refractivity contribution in [3.8, 4) is 22.3 Å². The minimum absolute atomic E-state index is 0.703. The van der Waals surface area contributed by atoms with Crippen molar-refractivity contribution in [3.63, 3.8) is 0 Å². The Labute approximate surface area is 253 Å². The first-order chi connectivity index (χ1) is 21.8. The molecule has 0 heterocycles. The van der Waals surface area contributed by atoms with Crippen LogP contribution in [0.4, 0.5) is 5.69 Å².